The number of nitro groups is 1. The Balaban J connectivity index is 3.43. The van der Waals surface area contributed by atoms with E-state index in [1.165, 1.54) is 13.0 Å². The SMILES string of the molecule is CC(=O)c1cc(I)c(C)c([N+](=O)[O-])c1. The molecule has 0 aliphatic rings. The summed E-state index contributed by atoms with van der Waals surface area (Å²) < 4.78 is 0.738. The Labute approximate surface area is 94.6 Å². The molecule has 0 saturated carbocycles. The molecule has 0 aliphatic heterocycles. The Bertz CT molecular complexity index is 415. The van der Waals surface area contributed by atoms with Gasteiger partial charge in [-0.2, -0.15) is 0 Å². The van der Waals surface area contributed by atoms with E-state index in [-0.39, 0.29) is 11.5 Å². The second-order valence-electron chi connectivity index (χ2n) is 2.92. The zero-order valence-corrected chi connectivity index (χ0v) is 9.86. The third-order valence-electron chi connectivity index (χ3n) is 1.92. The van der Waals surface area contributed by atoms with Gasteiger partial charge in [-0.1, -0.05) is 0 Å². The highest BCUT2D eigenvalue weighted by molar-refractivity contribution is 14.1. The molecule has 1 aromatic rings. The van der Waals surface area contributed by atoms with Crippen LogP contribution in [0.5, 0.6) is 0 Å². The molecule has 0 aromatic heterocycles. The van der Waals surface area contributed by atoms with E-state index in [0.29, 0.717) is 11.1 Å². The number of Topliss-reactive ketones (excluding diaryl/α,β-unsaturated/α-hetero) is 1. The minimum absolute atomic E-state index is 0.00194. The van der Waals surface area contributed by atoms with Crippen molar-refractivity contribution < 1.29 is 9.72 Å². The van der Waals surface area contributed by atoms with Gasteiger partial charge >= 0.3 is 0 Å². The maximum atomic E-state index is 11.1. The molecular weight excluding hydrogens is 297 g/mol. The molecule has 0 aliphatic carbocycles. The second kappa shape index (κ2) is 4.04. The van der Waals surface area contributed by atoms with Crippen molar-refractivity contribution in [2.24, 2.45) is 0 Å². The minimum Gasteiger partial charge on any atom is -0.295 e. The molecule has 0 fully saturated rings. The van der Waals surface area contributed by atoms with Crippen LogP contribution in [0.25, 0.3) is 0 Å². The number of halogens is 1. The first-order valence-electron chi connectivity index (χ1n) is 3.89. The molecule has 0 amide bonds. The maximum Gasteiger partial charge on any atom is 0.274 e. The molecule has 0 spiro atoms. The number of rotatable bonds is 2. The van der Waals surface area contributed by atoms with Crippen molar-refractivity contribution in [3.63, 3.8) is 0 Å². The lowest BCUT2D eigenvalue weighted by molar-refractivity contribution is -0.385. The number of benzene rings is 1. The van der Waals surface area contributed by atoms with Crippen LogP contribution in [0.2, 0.25) is 0 Å². The Morgan fingerprint density at radius 2 is 2.07 bits per heavy atom. The lowest BCUT2D eigenvalue weighted by atomic mass is 10.1. The first-order valence-corrected chi connectivity index (χ1v) is 4.97. The third kappa shape index (κ3) is 2.09. The molecule has 0 unspecified atom stereocenters. The predicted octanol–water partition coefficient (Wildman–Crippen LogP) is 2.71. The molecular formula is C9H8INO3. The van der Waals surface area contributed by atoms with E-state index in [2.05, 4.69) is 0 Å². The molecule has 0 bridgehead atoms. The first kappa shape index (κ1) is 11.1. The molecule has 0 heterocycles. The third-order valence-corrected chi connectivity index (χ3v) is 3.04. The number of hydrogen-bond acceptors (Lipinski definition) is 3. The Hall–Kier alpha value is -0.980. The molecule has 0 saturated heterocycles. The van der Waals surface area contributed by atoms with E-state index in [1.807, 2.05) is 22.6 Å². The summed E-state index contributed by atoms with van der Waals surface area (Å²) in [5, 5.41) is 10.6. The molecule has 0 radical (unpaired) electrons. The first-order chi connectivity index (χ1) is 6.43. The summed E-state index contributed by atoms with van der Waals surface area (Å²) in [6, 6.07) is 2.98. The maximum absolute atomic E-state index is 11.1. The average molecular weight is 305 g/mol. The summed E-state index contributed by atoms with van der Waals surface area (Å²) in [4.78, 5) is 21.2. The molecule has 5 heteroatoms. The van der Waals surface area contributed by atoms with Crippen LogP contribution in [0.1, 0.15) is 22.8 Å². The van der Waals surface area contributed by atoms with Crippen LogP contribution >= 0.6 is 22.6 Å². The Morgan fingerprint density at radius 1 is 1.50 bits per heavy atom. The zero-order chi connectivity index (χ0) is 10.9. The van der Waals surface area contributed by atoms with Crippen molar-refractivity contribution in [1.82, 2.24) is 0 Å². The van der Waals surface area contributed by atoms with Gasteiger partial charge in [0.1, 0.15) is 0 Å². The van der Waals surface area contributed by atoms with Crippen LogP contribution in [0, 0.1) is 20.6 Å². The summed E-state index contributed by atoms with van der Waals surface area (Å²) in [7, 11) is 0. The van der Waals surface area contributed by atoms with E-state index in [0.717, 1.165) is 3.57 Å². The van der Waals surface area contributed by atoms with Gasteiger partial charge in [0, 0.05) is 20.8 Å². The second-order valence-corrected chi connectivity index (χ2v) is 4.08. The van der Waals surface area contributed by atoms with Crippen molar-refractivity contribution in [1.29, 1.82) is 0 Å². The quantitative estimate of drug-likeness (QED) is 0.365. The molecule has 0 N–H and O–H groups in total. The number of carbonyl (C=O) groups excluding carboxylic acids is 1. The molecule has 0 atom stereocenters. The number of carbonyl (C=O) groups is 1. The molecule has 1 aromatic carbocycles. The predicted molar refractivity (Wildman–Crippen MR) is 60.6 cm³/mol. The Kier molecular flexibility index (Phi) is 3.20. The van der Waals surface area contributed by atoms with Crippen LogP contribution in [0.4, 0.5) is 5.69 Å². The molecule has 1 rings (SSSR count). The fraction of sp³-hybridized carbons (Fsp3) is 0.222. The van der Waals surface area contributed by atoms with Gasteiger partial charge < -0.3 is 0 Å². The van der Waals surface area contributed by atoms with Gasteiger partial charge in [0.2, 0.25) is 0 Å². The molecule has 74 valence electrons. The zero-order valence-electron chi connectivity index (χ0n) is 7.70. The highest BCUT2D eigenvalue weighted by atomic mass is 127. The average Bonchev–Trinajstić information content (AvgIpc) is 2.08. The summed E-state index contributed by atoms with van der Waals surface area (Å²) in [6.45, 7) is 3.06. The van der Waals surface area contributed by atoms with E-state index >= 15 is 0 Å². The van der Waals surface area contributed by atoms with Crippen LogP contribution in [0.3, 0.4) is 0 Å². The van der Waals surface area contributed by atoms with Crippen molar-refractivity contribution in [3.8, 4) is 0 Å². The number of nitro benzene ring substituents is 1. The van der Waals surface area contributed by atoms with Crippen molar-refractivity contribution >= 4 is 34.1 Å². The van der Waals surface area contributed by atoms with Gasteiger partial charge in [0.25, 0.3) is 5.69 Å². The largest absolute Gasteiger partial charge is 0.295 e. The molecule has 4 nitrogen and oxygen atoms in total. The topological polar surface area (TPSA) is 60.2 Å². The fourth-order valence-corrected chi connectivity index (χ4v) is 1.67. The van der Waals surface area contributed by atoms with E-state index in [1.54, 1.807) is 13.0 Å². The smallest absolute Gasteiger partial charge is 0.274 e. The van der Waals surface area contributed by atoms with Gasteiger partial charge in [-0.3, -0.25) is 14.9 Å². The summed E-state index contributed by atoms with van der Waals surface area (Å²) >= 11 is 1.99. The normalized spacial score (nSPS) is 9.93. The van der Waals surface area contributed by atoms with Crippen molar-refractivity contribution in [3.05, 3.63) is 36.9 Å². The number of ketones is 1. The van der Waals surface area contributed by atoms with Crippen LogP contribution in [-0.2, 0) is 0 Å². The summed E-state index contributed by atoms with van der Waals surface area (Å²) in [5.41, 5.74) is 0.981. The van der Waals surface area contributed by atoms with E-state index in [4.69, 9.17) is 0 Å². The van der Waals surface area contributed by atoms with Gasteiger partial charge in [-0.25, -0.2) is 0 Å². The Morgan fingerprint density at radius 3 is 2.50 bits per heavy atom. The van der Waals surface area contributed by atoms with Gasteiger partial charge in [-0.15, -0.1) is 0 Å². The van der Waals surface area contributed by atoms with Gasteiger partial charge in [-0.05, 0) is 42.5 Å². The lowest BCUT2D eigenvalue weighted by Gasteiger charge is -2.02. The van der Waals surface area contributed by atoms with Crippen molar-refractivity contribution in [2.45, 2.75) is 13.8 Å². The highest BCUT2D eigenvalue weighted by Crippen LogP contribution is 2.25. The fourth-order valence-electron chi connectivity index (χ4n) is 1.06. The van der Waals surface area contributed by atoms with Gasteiger partial charge in [0.05, 0.1) is 4.92 Å². The summed E-state index contributed by atoms with van der Waals surface area (Å²) in [5.74, 6) is -0.161. The van der Waals surface area contributed by atoms with E-state index in [9.17, 15) is 14.9 Å². The standard InChI is InChI=1S/C9H8INO3/c1-5-8(10)3-7(6(2)12)4-9(5)11(13)14/h3-4H,1-2H3. The minimum atomic E-state index is -0.468. The number of nitrogens with zero attached hydrogens (tertiary/aromatic N) is 1. The van der Waals surface area contributed by atoms with Gasteiger partial charge in [0.15, 0.2) is 5.78 Å². The van der Waals surface area contributed by atoms with E-state index < -0.39 is 4.92 Å². The molecule has 14 heavy (non-hydrogen) atoms. The van der Waals surface area contributed by atoms with Crippen molar-refractivity contribution in [2.75, 3.05) is 0 Å². The monoisotopic (exact) mass is 305 g/mol. The van der Waals surface area contributed by atoms with Crippen LogP contribution < -0.4 is 0 Å². The summed E-state index contributed by atoms with van der Waals surface area (Å²) in [6.07, 6.45) is 0. The lowest BCUT2D eigenvalue weighted by Crippen LogP contribution is -1.99. The number of hydrogen-bond donors (Lipinski definition) is 0. The van der Waals surface area contributed by atoms with Crippen LogP contribution in [-0.4, -0.2) is 10.7 Å². The van der Waals surface area contributed by atoms with Crippen LogP contribution in [0.15, 0.2) is 12.1 Å². The highest BCUT2D eigenvalue weighted by Gasteiger charge is 2.16.